The number of thiazole rings is 2. The third kappa shape index (κ3) is 1.74. The normalized spacial score (nSPS) is 9.77. The summed E-state index contributed by atoms with van der Waals surface area (Å²) in [6.45, 7) is 0. The summed E-state index contributed by atoms with van der Waals surface area (Å²) >= 11 is 3.12. The molecule has 0 aliphatic carbocycles. The molecule has 0 aliphatic rings. The van der Waals surface area contributed by atoms with Crippen molar-refractivity contribution in [1.82, 2.24) is 9.97 Å². The highest BCUT2D eigenvalue weighted by Gasteiger charge is 2.04. The quantitative estimate of drug-likeness (QED) is 0.759. The van der Waals surface area contributed by atoms with Gasteiger partial charge in [0, 0.05) is 11.6 Å². The molecule has 0 aliphatic heterocycles. The molecule has 0 atom stereocenters. The van der Waals surface area contributed by atoms with Crippen LogP contribution in [0.1, 0.15) is 5.69 Å². The van der Waals surface area contributed by atoms with Gasteiger partial charge in [-0.2, -0.15) is 5.26 Å². The van der Waals surface area contributed by atoms with Gasteiger partial charge in [0.1, 0.15) is 5.01 Å². The smallest absolute Gasteiger partial charge is 0.135 e. The molecular formula is C8H5N3S2. The van der Waals surface area contributed by atoms with Gasteiger partial charge >= 0.3 is 0 Å². The number of nitriles is 1. The van der Waals surface area contributed by atoms with Crippen LogP contribution >= 0.6 is 22.7 Å². The van der Waals surface area contributed by atoms with Gasteiger partial charge in [0.05, 0.1) is 28.6 Å². The maximum absolute atomic E-state index is 8.46. The van der Waals surface area contributed by atoms with Crippen LogP contribution in [-0.4, -0.2) is 9.97 Å². The summed E-state index contributed by atoms with van der Waals surface area (Å²) in [6.07, 6.45) is 2.18. The van der Waals surface area contributed by atoms with Crippen molar-refractivity contribution in [2.24, 2.45) is 0 Å². The Hall–Kier alpha value is -1.25. The number of aromatic nitrogens is 2. The highest BCUT2D eigenvalue weighted by Crippen LogP contribution is 2.26. The van der Waals surface area contributed by atoms with Crippen molar-refractivity contribution in [3.8, 4) is 16.0 Å². The van der Waals surface area contributed by atoms with E-state index in [-0.39, 0.29) is 0 Å². The van der Waals surface area contributed by atoms with Crippen molar-refractivity contribution in [3.63, 3.8) is 0 Å². The summed E-state index contributed by atoms with van der Waals surface area (Å²) in [6, 6.07) is 2.07. The Balaban J connectivity index is 2.29. The van der Waals surface area contributed by atoms with Crippen LogP contribution in [-0.2, 0) is 6.42 Å². The Kier molecular flexibility index (Phi) is 2.34. The fourth-order valence-corrected chi connectivity index (χ4v) is 2.42. The number of hydrogen-bond donors (Lipinski definition) is 0. The molecule has 3 nitrogen and oxygen atoms in total. The fraction of sp³-hybridized carbons (Fsp3) is 0.125. The Bertz CT molecular complexity index is 424. The Morgan fingerprint density at radius 2 is 2.38 bits per heavy atom. The van der Waals surface area contributed by atoms with Gasteiger partial charge in [-0.15, -0.1) is 22.7 Å². The van der Waals surface area contributed by atoms with Crippen LogP contribution < -0.4 is 0 Å². The Morgan fingerprint density at radius 1 is 1.46 bits per heavy atom. The average molecular weight is 207 g/mol. The number of nitrogens with zero attached hydrogens (tertiary/aromatic N) is 3. The van der Waals surface area contributed by atoms with Gasteiger partial charge < -0.3 is 0 Å². The third-order valence-corrected chi connectivity index (χ3v) is 3.29. The predicted octanol–water partition coefficient (Wildman–Crippen LogP) is 2.33. The second-order valence-electron chi connectivity index (χ2n) is 2.34. The van der Waals surface area contributed by atoms with Crippen molar-refractivity contribution < 1.29 is 0 Å². The number of hydrogen-bond acceptors (Lipinski definition) is 5. The van der Waals surface area contributed by atoms with Gasteiger partial charge in [-0.05, 0) is 0 Å². The molecule has 0 unspecified atom stereocenters. The molecule has 2 aromatic heterocycles. The van der Waals surface area contributed by atoms with Crippen LogP contribution in [0.25, 0.3) is 9.88 Å². The van der Waals surface area contributed by atoms with Gasteiger partial charge in [-0.25, -0.2) is 4.98 Å². The molecule has 64 valence electrons. The molecule has 0 amide bonds. The zero-order valence-electron chi connectivity index (χ0n) is 6.60. The lowest BCUT2D eigenvalue weighted by atomic mass is 10.4. The standard InChI is InChI=1S/C8H5N3S2/c9-2-1-6-4-12-8(11-6)7-3-10-5-13-7/h3-5H,1H2. The van der Waals surface area contributed by atoms with E-state index in [1.807, 2.05) is 5.38 Å². The molecule has 0 saturated heterocycles. The monoisotopic (exact) mass is 207 g/mol. The number of rotatable bonds is 2. The van der Waals surface area contributed by atoms with E-state index in [9.17, 15) is 0 Å². The summed E-state index contributed by atoms with van der Waals surface area (Å²) in [4.78, 5) is 9.35. The zero-order valence-corrected chi connectivity index (χ0v) is 8.23. The molecule has 0 spiro atoms. The molecule has 13 heavy (non-hydrogen) atoms. The van der Waals surface area contributed by atoms with Crippen LogP contribution in [0.2, 0.25) is 0 Å². The van der Waals surface area contributed by atoms with E-state index >= 15 is 0 Å². The van der Waals surface area contributed by atoms with Crippen molar-refractivity contribution in [2.45, 2.75) is 6.42 Å². The van der Waals surface area contributed by atoms with Crippen LogP contribution in [0.15, 0.2) is 17.1 Å². The highest BCUT2D eigenvalue weighted by molar-refractivity contribution is 7.19. The topological polar surface area (TPSA) is 49.6 Å². The van der Waals surface area contributed by atoms with Gasteiger partial charge in [0.15, 0.2) is 0 Å². The van der Waals surface area contributed by atoms with E-state index in [1.54, 1.807) is 34.4 Å². The van der Waals surface area contributed by atoms with Crippen LogP contribution in [0.4, 0.5) is 0 Å². The van der Waals surface area contributed by atoms with Gasteiger partial charge in [-0.3, -0.25) is 4.98 Å². The van der Waals surface area contributed by atoms with E-state index < -0.39 is 0 Å². The molecule has 2 rings (SSSR count). The first-order valence-corrected chi connectivity index (χ1v) is 5.36. The summed E-state index contributed by atoms with van der Waals surface area (Å²) in [5.74, 6) is 0. The summed E-state index contributed by atoms with van der Waals surface area (Å²) in [7, 11) is 0. The average Bonchev–Trinajstić information content (AvgIpc) is 2.70. The lowest BCUT2D eigenvalue weighted by molar-refractivity contribution is 1.16. The van der Waals surface area contributed by atoms with Crippen molar-refractivity contribution >= 4 is 22.7 Å². The second kappa shape index (κ2) is 3.64. The molecule has 0 fully saturated rings. The molecular weight excluding hydrogens is 202 g/mol. The predicted molar refractivity (Wildman–Crippen MR) is 52.5 cm³/mol. The third-order valence-electron chi connectivity index (χ3n) is 1.46. The lowest BCUT2D eigenvalue weighted by Gasteiger charge is -1.84. The van der Waals surface area contributed by atoms with Crippen molar-refractivity contribution in [2.75, 3.05) is 0 Å². The minimum Gasteiger partial charge on any atom is -0.252 e. The first-order chi connectivity index (χ1) is 6.40. The van der Waals surface area contributed by atoms with Crippen LogP contribution in [0, 0.1) is 11.3 Å². The lowest BCUT2D eigenvalue weighted by Crippen LogP contribution is -1.79. The van der Waals surface area contributed by atoms with Gasteiger partial charge in [0.2, 0.25) is 0 Å². The maximum Gasteiger partial charge on any atom is 0.135 e. The maximum atomic E-state index is 8.46. The highest BCUT2D eigenvalue weighted by atomic mass is 32.1. The van der Waals surface area contributed by atoms with Crippen LogP contribution in [0.3, 0.4) is 0 Å². The van der Waals surface area contributed by atoms with Gasteiger partial charge in [0.25, 0.3) is 0 Å². The molecule has 2 aromatic rings. The van der Waals surface area contributed by atoms with E-state index in [0.29, 0.717) is 6.42 Å². The summed E-state index contributed by atoms with van der Waals surface area (Å²) in [5, 5.41) is 11.3. The summed E-state index contributed by atoms with van der Waals surface area (Å²) in [5.41, 5.74) is 2.62. The largest absolute Gasteiger partial charge is 0.252 e. The molecule has 0 N–H and O–H groups in total. The molecule has 2 heterocycles. The molecule has 5 heteroatoms. The Labute approximate surface area is 83.3 Å². The molecule has 0 saturated carbocycles. The molecule has 0 bridgehead atoms. The first-order valence-electron chi connectivity index (χ1n) is 3.60. The van der Waals surface area contributed by atoms with Crippen molar-refractivity contribution in [1.29, 1.82) is 5.26 Å². The van der Waals surface area contributed by atoms with E-state index in [0.717, 1.165) is 15.6 Å². The summed E-state index contributed by atoms with van der Waals surface area (Å²) < 4.78 is 0. The Morgan fingerprint density at radius 3 is 3.08 bits per heavy atom. The van der Waals surface area contributed by atoms with Crippen molar-refractivity contribution in [3.05, 3.63) is 22.8 Å². The van der Waals surface area contributed by atoms with E-state index in [2.05, 4.69) is 16.0 Å². The first kappa shape index (κ1) is 8.35. The molecule has 0 radical (unpaired) electrons. The second-order valence-corrected chi connectivity index (χ2v) is 4.09. The molecule has 0 aromatic carbocycles. The fourth-order valence-electron chi connectivity index (χ4n) is 0.904. The van der Waals surface area contributed by atoms with E-state index in [4.69, 9.17) is 5.26 Å². The van der Waals surface area contributed by atoms with Gasteiger partial charge in [-0.1, -0.05) is 0 Å². The minimum atomic E-state index is 0.384. The minimum absolute atomic E-state index is 0.384. The van der Waals surface area contributed by atoms with Crippen LogP contribution in [0.5, 0.6) is 0 Å². The van der Waals surface area contributed by atoms with E-state index in [1.165, 1.54) is 0 Å². The zero-order chi connectivity index (χ0) is 9.10. The SMILES string of the molecule is N#CCc1csc(-c2cncs2)n1.